The van der Waals surface area contributed by atoms with Gasteiger partial charge in [0.15, 0.2) is 5.69 Å². The predicted molar refractivity (Wildman–Crippen MR) is 34.9 cm³/mol. The zero-order chi connectivity index (χ0) is 7.68. The summed E-state index contributed by atoms with van der Waals surface area (Å²) in [5.41, 5.74) is 0.247. The van der Waals surface area contributed by atoms with Crippen LogP contribution in [0.5, 0.6) is 0 Å². The Labute approximate surface area is 63.1 Å². The summed E-state index contributed by atoms with van der Waals surface area (Å²) in [6.45, 7) is 0. The first kappa shape index (κ1) is 6.39. The van der Waals surface area contributed by atoms with Crippen LogP contribution in [-0.4, -0.2) is 17.2 Å². The molecule has 1 aromatic rings. The van der Waals surface area contributed by atoms with E-state index in [9.17, 15) is 4.79 Å². The Kier molecular flexibility index (Phi) is 1.38. The Morgan fingerprint density at radius 1 is 1.73 bits per heavy atom. The maximum Gasteiger partial charge on any atom is 0.360 e. The number of hydrogen-bond acceptors (Lipinski definition) is 4. The average molecular weight is 153 g/mol. The van der Waals surface area contributed by atoms with E-state index >= 15 is 0 Å². The molecule has 11 heavy (non-hydrogen) atoms. The fourth-order valence-electron chi connectivity index (χ4n) is 0.715. The lowest BCUT2D eigenvalue weighted by atomic mass is 10.4. The number of hydrogen-bond donors (Lipinski definition) is 0. The van der Waals surface area contributed by atoms with Gasteiger partial charge in [-0.3, -0.25) is 0 Å². The summed E-state index contributed by atoms with van der Waals surface area (Å²) in [7, 11) is 0. The van der Waals surface area contributed by atoms with Crippen molar-refractivity contribution in [3.05, 3.63) is 18.0 Å². The fourth-order valence-corrected chi connectivity index (χ4v) is 0.715. The summed E-state index contributed by atoms with van der Waals surface area (Å²) in [6.07, 6.45) is 3.43. The van der Waals surface area contributed by atoms with E-state index in [2.05, 4.69) is 9.68 Å². The van der Waals surface area contributed by atoms with Crippen LogP contribution in [0, 0.1) is 0 Å². The Balaban J connectivity index is 1.99. The standard InChI is InChI=1S/C7H7NO3/c9-7(11-5-1-2-5)6-3-4-10-8-6/h3-5H,1-2H2. The van der Waals surface area contributed by atoms with E-state index in [-0.39, 0.29) is 17.8 Å². The first-order chi connectivity index (χ1) is 5.36. The van der Waals surface area contributed by atoms with Crippen molar-refractivity contribution in [2.45, 2.75) is 18.9 Å². The quantitative estimate of drug-likeness (QED) is 0.594. The maximum atomic E-state index is 11.0. The van der Waals surface area contributed by atoms with Crippen LogP contribution >= 0.6 is 0 Å². The second kappa shape index (κ2) is 2.38. The van der Waals surface area contributed by atoms with Crippen molar-refractivity contribution in [3.8, 4) is 0 Å². The number of nitrogens with zero attached hydrogens (tertiary/aromatic N) is 1. The van der Waals surface area contributed by atoms with Crippen molar-refractivity contribution < 1.29 is 14.1 Å². The van der Waals surface area contributed by atoms with Gasteiger partial charge < -0.3 is 9.26 Å². The monoisotopic (exact) mass is 153 g/mol. The van der Waals surface area contributed by atoms with Crippen molar-refractivity contribution in [3.63, 3.8) is 0 Å². The minimum Gasteiger partial charge on any atom is -0.458 e. The highest BCUT2D eigenvalue weighted by Crippen LogP contribution is 2.24. The van der Waals surface area contributed by atoms with Crippen LogP contribution in [0.1, 0.15) is 23.3 Å². The molecule has 1 heterocycles. The third kappa shape index (κ3) is 1.39. The average Bonchev–Trinajstić information content (AvgIpc) is 2.67. The van der Waals surface area contributed by atoms with Crippen LogP contribution in [0.15, 0.2) is 16.9 Å². The van der Waals surface area contributed by atoms with E-state index in [4.69, 9.17) is 4.74 Å². The summed E-state index contributed by atoms with van der Waals surface area (Å²) in [6, 6.07) is 1.49. The minimum atomic E-state index is -0.388. The Morgan fingerprint density at radius 2 is 2.55 bits per heavy atom. The summed E-state index contributed by atoms with van der Waals surface area (Å²) in [5.74, 6) is -0.388. The highest BCUT2D eigenvalue weighted by atomic mass is 16.6. The molecular formula is C7H7NO3. The van der Waals surface area contributed by atoms with Gasteiger partial charge in [0.25, 0.3) is 0 Å². The lowest BCUT2D eigenvalue weighted by molar-refractivity contribution is 0.0460. The summed E-state index contributed by atoms with van der Waals surface area (Å²) in [5, 5.41) is 3.45. The minimum absolute atomic E-state index is 0.124. The summed E-state index contributed by atoms with van der Waals surface area (Å²) in [4.78, 5) is 11.0. The first-order valence-electron chi connectivity index (χ1n) is 3.47. The molecule has 4 heteroatoms. The number of carbonyl (C=O) groups excluding carboxylic acids is 1. The van der Waals surface area contributed by atoms with Gasteiger partial charge in [-0.15, -0.1) is 0 Å². The van der Waals surface area contributed by atoms with Gasteiger partial charge in [0, 0.05) is 6.07 Å². The van der Waals surface area contributed by atoms with Crippen molar-refractivity contribution in [2.75, 3.05) is 0 Å². The van der Waals surface area contributed by atoms with E-state index < -0.39 is 0 Å². The summed E-state index contributed by atoms with van der Waals surface area (Å²) >= 11 is 0. The molecule has 0 radical (unpaired) electrons. The fraction of sp³-hybridized carbons (Fsp3) is 0.429. The highest BCUT2D eigenvalue weighted by molar-refractivity contribution is 5.87. The molecule has 58 valence electrons. The molecule has 1 aliphatic carbocycles. The van der Waals surface area contributed by atoms with Crippen molar-refractivity contribution in [1.82, 2.24) is 5.16 Å². The largest absolute Gasteiger partial charge is 0.458 e. The molecule has 0 unspecified atom stereocenters. The molecule has 1 saturated carbocycles. The number of rotatable bonds is 2. The topological polar surface area (TPSA) is 52.3 Å². The molecule has 0 saturated heterocycles. The van der Waals surface area contributed by atoms with Crippen LogP contribution in [0.3, 0.4) is 0 Å². The molecule has 1 aliphatic rings. The van der Waals surface area contributed by atoms with Crippen LogP contribution in [0.2, 0.25) is 0 Å². The molecule has 1 fully saturated rings. The van der Waals surface area contributed by atoms with Gasteiger partial charge in [0.1, 0.15) is 12.4 Å². The van der Waals surface area contributed by atoms with Crippen LogP contribution in [0.4, 0.5) is 0 Å². The number of ether oxygens (including phenoxy) is 1. The van der Waals surface area contributed by atoms with Gasteiger partial charge in [-0.2, -0.15) is 0 Å². The number of carbonyl (C=O) groups is 1. The molecule has 0 N–H and O–H groups in total. The second-order valence-electron chi connectivity index (χ2n) is 2.49. The molecule has 1 aromatic heterocycles. The third-order valence-corrected chi connectivity index (χ3v) is 1.45. The zero-order valence-corrected chi connectivity index (χ0v) is 5.82. The van der Waals surface area contributed by atoms with E-state index in [0.717, 1.165) is 12.8 Å². The van der Waals surface area contributed by atoms with Gasteiger partial charge in [0.05, 0.1) is 0 Å². The first-order valence-corrected chi connectivity index (χ1v) is 3.47. The molecule has 4 nitrogen and oxygen atoms in total. The second-order valence-corrected chi connectivity index (χ2v) is 2.49. The zero-order valence-electron chi connectivity index (χ0n) is 5.82. The normalized spacial score (nSPS) is 16.4. The van der Waals surface area contributed by atoms with E-state index in [1.165, 1.54) is 12.3 Å². The van der Waals surface area contributed by atoms with Crippen molar-refractivity contribution >= 4 is 5.97 Å². The molecule has 0 atom stereocenters. The lowest BCUT2D eigenvalue weighted by Gasteiger charge is -1.96. The van der Waals surface area contributed by atoms with E-state index in [1.807, 2.05) is 0 Å². The Bertz CT molecular complexity index is 251. The van der Waals surface area contributed by atoms with Crippen molar-refractivity contribution in [2.24, 2.45) is 0 Å². The number of aromatic nitrogens is 1. The smallest absolute Gasteiger partial charge is 0.360 e. The molecule has 0 spiro atoms. The van der Waals surface area contributed by atoms with Crippen LogP contribution < -0.4 is 0 Å². The molecule has 2 rings (SSSR count). The molecule has 0 amide bonds. The third-order valence-electron chi connectivity index (χ3n) is 1.45. The molecular weight excluding hydrogens is 146 g/mol. The van der Waals surface area contributed by atoms with Crippen molar-refractivity contribution in [1.29, 1.82) is 0 Å². The predicted octanol–water partition coefficient (Wildman–Crippen LogP) is 0.994. The lowest BCUT2D eigenvalue weighted by Crippen LogP contribution is -2.06. The SMILES string of the molecule is O=C(OC1CC1)c1ccon1. The van der Waals surface area contributed by atoms with Gasteiger partial charge in [0.2, 0.25) is 0 Å². The van der Waals surface area contributed by atoms with E-state index in [0.29, 0.717) is 0 Å². The van der Waals surface area contributed by atoms with Crippen LogP contribution in [0.25, 0.3) is 0 Å². The Hall–Kier alpha value is -1.32. The van der Waals surface area contributed by atoms with Gasteiger partial charge >= 0.3 is 5.97 Å². The van der Waals surface area contributed by atoms with Gasteiger partial charge in [-0.1, -0.05) is 5.16 Å². The molecule has 0 bridgehead atoms. The van der Waals surface area contributed by atoms with Crippen LogP contribution in [-0.2, 0) is 4.74 Å². The molecule has 0 aliphatic heterocycles. The Morgan fingerprint density at radius 3 is 3.09 bits per heavy atom. The van der Waals surface area contributed by atoms with E-state index in [1.54, 1.807) is 0 Å². The summed E-state index contributed by atoms with van der Waals surface area (Å²) < 4.78 is 9.43. The van der Waals surface area contributed by atoms with Gasteiger partial charge in [-0.05, 0) is 12.8 Å². The molecule has 0 aromatic carbocycles. The highest BCUT2D eigenvalue weighted by Gasteiger charge is 2.27. The van der Waals surface area contributed by atoms with Gasteiger partial charge in [-0.25, -0.2) is 4.79 Å². The number of esters is 1. The maximum absolute atomic E-state index is 11.0.